The number of hydrogen-bond acceptors (Lipinski definition) is 4. The van der Waals surface area contributed by atoms with Crippen molar-refractivity contribution in [3.63, 3.8) is 0 Å². The molecular formula is C13H15IN2O5. The molecule has 114 valence electrons. The summed E-state index contributed by atoms with van der Waals surface area (Å²) in [7, 11) is 0. The number of carboxylic acids is 1. The molecule has 21 heavy (non-hydrogen) atoms. The largest absolute Gasteiger partial charge is 0.480 e. The van der Waals surface area contributed by atoms with E-state index in [0.717, 1.165) is 0 Å². The fourth-order valence-corrected chi connectivity index (χ4v) is 2.31. The third-order valence-electron chi connectivity index (χ3n) is 3.08. The number of nitrogens with zero attached hydrogens (tertiary/aromatic N) is 2. The lowest BCUT2D eigenvalue weighted by atomic mass is 10.1. The van der Waals surface area contributed by atoms with E-state index in [9.17, 15) is 19.7 Å². The normalized spacial score (nSPS) is 11.8. The van der Waals surface area contributed by atoms with Crippen LogP contribution in [-0.2, 0) is 4.79 Å². The number of amides is 1. The zero-order valence-electron chi connectivity index (χ0n) is 11.6. The van der Waals surface area contributed by atoms with Crippen molar-refractivity contribution in [1.29, 1.82) is 0 Å². The Labute approximate surface area is 135 Å². The van der Waals surface area contributed by atoms with Crippen LogP contribution in [0.2, 0.25) is 0 Å². The Kier molecular flexibility index (Phi) is 6.06. The summed E-state index contributed by atoms with van der Waals surface area (Å²) in [6.45, 7) is 3.14. The van der Waals surface area contributed by atoms with Crippen LogP contribution in [0.3, 0.4) is 0 Å². The molecule has 1 amide bonds. The van der Waals surface area contributed by atoms with Gasteiger partial charge in [-0.2, -0.15) is 0 Å². The first-order valence-electron chi connectivity index (χ1n) is 6.24. The van der Waals surface area contributed by atoms with Crippen molar-refractivity contribution in [2.45, 2.75) is 26.3 Å². The SMILES string of the molecule is CCC(C)N(CC(=O)O)C(=O)c1cc([N+](=O)[O-])ccc1I. The molecule has 0 bridgehead atoms. The number of benzene rings is 1. The topological polar surface area (TPSA) is 101 Å². The van der Waals surface area contributed by atoms with E-state index in [2.05, 4.69) is 0 Å². The summed E-state index contributed by atoms with van der Waals surface area (Å²) >= 11 is 1.90. The second-order valence-electron chi connectivity index (χ2n) is 4.51. The first-order valence-corrected chi connectivity index (χ1v) is 7.32. The molecule has 0 radical (unpaired) electrons. The summed E-state index contributed by atoms with van der Waals surface area (Å²) in [4.78, 5) is 34.9. The number of carbonyl (C=O) groups excluding carboxylic acids is 1. The first-order chi connectivity index (χ1) is 9.77. The summed E-state index contributed by atoms with van der Waals surface area (Å²) in [6.07, 6.45) is 0.588. The van der Waals surface area contributed by atoms with Gasteiger partial charge in [0.15, 0.2) is 0 Å². The summed E-state index contributed by atoms with van der Waals surface area (Å²) < 4.78 is 0.543. The predicted molar refractivity (Wildman–Crippen MR) is 84.2 cm³/mol. The number of non-ortho nitro benzene ring substituents is 1. The maximum Gasteiger partial charge on any atom is 0.323 e. The Hall–Kier alpha value is -1.71. The maximum absolute atomic E-state index is 12.5. The van der Waals surface area contributed by atoms with E-state index in [4.69, 9.17) is 5.11 Å². The van der Waals surface area contributed by atoms with Crippen LogP contribution in [0.5, 0.6) is 0 Å². The minimum atomic E-state index is -1.12. The molecule has 1 atom stereocenters. The van der Waals surface area contributed by atoms with Gasteiger partial charge in [0, 0.05) is 21.7 Å². The van der Waals surface area contributed by atoms with Crippen LogP contribution in [0.15, 0.2) is 18.2 Å². The molecule has 0 aliphatic heterocycles. The van der Waals surface area contributed by atoms with Crippen LogP contribution in [0.1, 0.15) is 30.6 Å². The van der Waals surface area contributed by atoms with E-state index in [1.807, 2.05) is 29.5 Å². The highest BCUT2D eigenvalue weighted by molar-refractivity contribution is 14.1. The second-order valence-corrected chi connectivity index (χ2v) is 5.67. The third-order valence-corrected chi connectivity index (χ3v) is 4.02. The van der Waals surface area contributed by atoms with Crippen LogP contribution in [0.25, 0.3) is 0 Å². The fraction of sp³-hybridized carbons (Fsp3) is 0.385. The summed E-state index contributed by atoms with van der Waals surface area (Å²) in [6, 6.07) is 3.69. The predicted octanol–water partition coefficient (Wildman–Crippen LogP) is 2.52. The lowest BCUT2D eigenvalue weighted by Crippen LogP contribution is -2.42. The molecule has 0 saturated carbocycles. The number of carbonyl (C=O) groups is 2. The molecule has 7 nitrogen and oxygen atoms in total. The number of halogens is 1. The lowest BCUT2D eigenvalue weighted by molar-refractivity contribution is -0.384. The number of nitro benzene ring substituents is 1. The molecule has 0 aliphatic rings. The van der Waals surface area contributed by atoms with Crippen LogP contribution in [-0.4, -0.2) is 39.4 Å². The van der Waals surface area contributed by atoms with Crippen molar-refractivity contribution in [2.75, 3.05) is 6.54 Å². The zero-order chi connectivity index (χ0) is 16.2. The monoisotopic (exact) mass is 406 g/mol. The van der Waals surface area contributed by atoms with Gasteiger partial charge in [-0.3, -0.25) is 19.7 Å². The van der Waals surface area contributed by atoms with E-state index in [1.54, 1.807) is 6.92 Å². The molecule has 1 N–H and O–H groups in total. The van der Waals surface area contributed by atoms with Gasteiger partial charge in [-0.15, -0.1) is 0 Å². The van der Waals surface area contributed by atoms with Crippen LogP contribution >= 0.6 is 22.6 Å². The van der Waals surface area contributed by atoms with E-state index in [-0.39, 0.29) is 17.3 Å². The summed E-state index contributed by atoms with van der Waals surface area (Å²) in [5.41, 5.74) is -0.0513. The second kappa shape index (κ2) is 7.34. The molecule has 0 heterocycles. The van der Waals surface area contributed by atoms with E-state index in [0.29, 0.717) is 9.99 Å². The fourth-order valence-electron chi connectivity index (χ4n) is 1.74. The molecule has 1 aromatic carbocycles. The molecule has 1 aromatic rings. The molecule has 1 unspecified atom stereocenters. The van der Waals surface area contributed by atoms with E-state index in [1.165, 1.54) is 23.1 Å². The van der Waals surface area contributed by atoms with Crippen molar-refractivity contribution >= 4 is 40.2 Å². The molecule has 0 spiro atoms. The third kappa shape index (κ3) is 4.38. The van der Waals surface area contributed by atoms with Crippen LogP contribution < -0.4 is 0 Å². The average molecular weight is 406 g/mol. The Morgan fingerprint density at radius 2 is 2.10 bits per heavy atom. The minimum absolute atomic E-state index is 0.145. The average Bonchev–Trinajstić information content (AvgIpc) is 2.43. The minimum Gasteiger partial charge on any atom is -0.480 e. The standard InChI is InChI=1S/C13H15IN2O5/c1-3-8(2)15(7-12(17)18)13(19)10-6-9(16(20)21)4-5-11(10)14/h4-6,8H,3,7H2,1-2H3,(H,17,18). The molecule has 1 rings (SSSR count). The highest BCUT2D eigenvalue weighted by Gasteiger charge is 2.25. The first kappa shape index (κ1) is 17.3. The number of nitro groups is 1. The smallest absolute Gasteiger partial charge is 0.323 e. The van der Waals surface area contributed by atoms with Crippen molar-refractivity contribution in [3.05, 3.63) is 37.4 Å². The van der Waals surface area contributed by atoms with Crippen molar-refractivity contribution < 1.29 is 19.6 Å². The lowest BCUT2D eigenvalue weighted by Gasteiger charge is -2.27. The Balaban J connectivity index is 3.22. The van der Waals surface area contributed by atoms with Crippen molar-refractivity contribution in [1.82, 2.24) is 4.90 Å². The van der Waals surface area contributed by atoms with Gasteiger partial charge in [-0.1, -0.05) is 6.92 Å². The van der Waals surface area contributed by atoms with E-state index >= 15 is 0 Å². The van der Waals surface area contributed by atoms with Crippen molar-refractivity contribution in [2.24, 2.45) is 0 Å². The molecule has 0 aromatic heterocycles. The maximum atomic E-state index is 12.5. The van der Waals surface area contributed by atoms with Gasteiger partial charge < -0.3 is 10.0 Å². The van der Waals surface area contributed by atoms with Gasteiger partial charge in [0.1, 0.15) is 6.54 Å². The molecule has 8 heteroatoms. The number of hydrogen-bond donors (Lipinski definition) is 1. The number of rotatable bonds is 6. The Morgan fingerprint density at radius 1 is 1.48 bits per heavy atom. The quantitative estimate of drug-likeness (QED) is 0.445. The van der Waals surface area contributed by atoms with Gasteiger partial charge in [0.05, 0.1) is 10.5 Å². The van der Waals surface area contributed by atoms with Gasteiger partial charge >= 0.3 is 5.97 Å². The summed E-state index contributed by atoms with van der Waals surface area (Å²) in [5, 5.41) is 19.7. The Bertz CT molecular complexity index is 576. The highest BCUT2D eigenvalue weighted by atomic mass is 127. The molecule has 0 aliphatic carbocycles. The number of carboxylic acid groups (broad SMARTS) is 1. The molecular weight excluding hydrogens is 391 g/mol. The number of aliphatic carboxylic acids is 1. The van der Waals surface area contributed by atoms with Crippen LogP contribution in [0.4, 0.5) is 5.69 Å². The Morgan fingerprint density at radius 3 is 2.57 bits per heavy atom. The van der Waals surface area contributed by atoms with Crippen molar-refractivity contribution in [3.8, 4) is 0 Å². The van der Waals surface area contributed by atoms with Gasteiger partial charge in [-0.25, -0.2) is 0 Å². The zero-order valence-corrected chi connectivity index (χ0v) is 13.7. The molecule has 0 fully saturated rings. The van der Waals surface area contributed by atoms with Gasteiger partial charge in [0.2, 0.25) is 0 Å². The summed E-state index contributed by atoms with van der Waals surface area (Å²) in [5.74, 6) is -1.64. The van der Waals surface area contributed by atoms with Gasteiger partial charge in [-0.05, 0) is 42.0 Å². The van der Waals surface area contributed by atoms with E-state index < -0.39 is 23.3 Å². The van der Waals surface area contributed by atoms with Gasteiger partial charge in [0.25, 0.3) is 11.6 Å². The highest BCUT2D eigenvalue weighted by Crippen LogP contribution is 2.22. The van der Waals surface area contributed by atoms with Crippen LogP contribution in [0, 0.1) is 13.7 Å². The molecule has 0 saturated heterocycles.